The normalized spacial score (nSPS) is 12.0. The summed E-state index contributed by atoms with van der Waals surface area (Å²) in [5.74, 6) is -0.279. The smallest absolute Gasteiger partial charge is 0.255 e. The number of nitrogens with one attached hydrogen (secondary N) is 2. The summed E-state index contributed by atoms with van der Waals surface area (Å²) in [6.45, 7) is 8.67. The number of anilines is 1. The molecule has 0 spiro atoms. The molecule has 0 saturated heterocycles. The first-order chi connectivity index (χ1) is 12.1. The standard InChI is InChI=1S/C20H26N2O3S/c1-5-14-21-26(24,25)18-12-6-15(7-13-18)19(23)22-17-10-8-16(9-11-17)20(2,3)4/h6-13,21H,5,14H2,1-4H3,(H,22,23). The van der Waals surface area contributed by atoms with Gasteiger partial charge in [0, 0.05) is 17.8 Å². The molecule has 5 nitrogen and oxygen atoms in total. The minimum absolute atomic E-state index is 0.0513. The largest absolute Gasteiger partial charge is 0.322 e. The van der Waals surface area contributed by atoms with Crippen molar-refractivity contribution < 1.29 is 13.2 Å². The average Bonchev–Trinajstić information content (AvgIpc) is 2.60. The van der Waals surface area contributed by atoms with Gasteiger partial charge in [0.2, 0.25) is 10.0 Å². The summed E-state index contributed by atoms with van der Waals surface area (Å²) in [6, 6.07) is 13.6. The molecule has 0 bridgehead atoms. The van der Waals surface area contributed by atoms with Crippen LogP contribution in [0, 0.1) is 0 Å². The molecule has 26 heavy (non-hydrogen) atoms. The highest BCUT2D eigenvalue weighted by Crippen LogP contribution is 2.23. The predicted molar refractivity (Wildman–Crippen MR) is 105 cm³/mol. The van der Waals surface area contributed by atoms with Gasteiger partial charge in [0.05, 0.1) is 4.90 Å². The molecule has 140 valence electrons. The summed E-state index contributed by atoms with van der Waals surface area (Å²) >= 11 is 0. The zero-order chi connectivity index (χ0) is 19.4. The molecule has 2 rings (SSSR count). The van der Waals surface area contributed by atoms with Gasteiger partial charge in [-0.3, -0.25) is 4.79 Å². The molecule has 0 fully saturated rings. The molecule has 0 heterocycles. The Balaban J connectivity index is 2.08. The SMILES string of the molecule is CCCNS(=O)(=O)c1ccc(C(=O)Nc2ccc(C(C)(C)C)cc2)cc1. The molecule has 0 saturated carbocycles. The summed E-state index contributed by atoms with van der Waals surface area (Å²) in [7, 11) is -3.52. The van der Waals surface area contributed by atoms with E-state index in [2.05, 4.69) is 30.8 Å². The Morgan fingerprint density at radius 3 is 2.04 bits per heavy atom. The first kappa shape index (κ1) is 20.1. The van der Waals surface area contributed by atoms with Gasteiger partial charge >= 0.3 is 0 Å². The van der Waals surface area contributed by atoms with Crippen LogP contribution in [-0.2, 0) is 15.4 Å². The molecule has 0 unspecified atom stereocenters. The van der Waals surface area contributed by atoms with Crippen molar-refractivity contribution in [3.05, 3.63) is 59.7 Å². The van der Waals surface area contributed by atoms with Gasteiger partial charge in [0.1, 0.15) is 0 Å². The molecule has 2 N–H and O–H groups in total. The highest BCUT2D eigenvalue weighted by atomic mass is 32.2. The van der Waals surface area contributed by atoms with E-state index in [1.807, 2.05) is 31.2 Å². The van der Waals surface area contributed by atoms with E-state index < -0.39 is 10.0 Å². The summed E-state index contributed by atoms with van der Waals surface area (Å²) in [4.78, 5) is 12.5. The van der Waals surface area contributed by atoms with Gasteiger partial charge in [-0.1, -0.05) is 39.8 Å². The Hall–Kier alpha value is -2.18. The second kappa shape index (κ2) is 8.01. The van der Waals surface area contributed by atoms with E-state index in [0.717, 1.165) is 0 Å². The maximum atomic E-state index is 12.4. The van der Waals surface area contributed by atoms with Crippen LogP contribution in [0.15, 0.2) is 53.4 Å². The fraction of sp³-hybridized carbons (Fsp3) is 0.350. The lowest BCUT2D eigenvalue weighted by Crippen LogP contribution is -2.24. The zero-order valence-corrected chi connectivity index (χ0v) is 16.5. The van der Waals surface area contributed by atoms with E-state index in [9.17, 15) is 13.2 Å². The Kier molecular flexibility index (Phi) is 6.21. The van der Waals surface area contributed by atoms with Crippen molar-refractivity contribution in [3.63, 3.8) is 0 Å². The molecule has 1 amide bonds. The van der Waals surface area contributed by atoms with Crippen LogP contribution in [0.5, 0.6) is 0 Å². The van der Waals surface area contributed by atoms with Gasteiger partial charge in [0.15, 0.2) is 0 Å². The highest BCUT2D eigenvalue weighted by molar-refractivity contribution is 7.89. The maximum absolute atomic E-state index is 12.4. The van der Waals surface area contributed by atoms with E-state index in [1.54, 1.807) is 0 Å². The van der Waals surface area contributed by atoms with Crippen molar-refractivity contribution in [3.8, 4) is 0 Å². The fourth-order valence-electron chi connectivity index (χ4n) is 2.36. The molecule has 0 radical (unpaired) electrons. The predicted octanol–water partition coefficient (Wildman–Crippen LogP) is 3.92. The number of carbonyl (C=O) groups is 1. The molecular formula is C20H26N2O3S. The quantitative estimate of drug-likeness (QED) is 0.804. The van der Waals surface area contributed by atoms with Crippen molar-refractivity contribution in [2.75, 3.05) is 11.9 Å². The third-order valence-electron chi connectivity index (χ3n) is 3.98. The van der Waals surface area contributed by atoms with Crippen molar-refractivity contribution in [1.82, 2.24) is 4.72 Å². The van der Waals surface area contributed by atoms with E-state index in [0.29, 0.717) is 24.2 Å². The lowest BCUT2D eigenvalue weighted by Gasteiger charge is -2.19. The molecular weight excluding hydrogens is 348 g/mol. The van der Waals surface area contributed by atoms with Crippen LogP contribution in [0.3, 0.4) is 0 Å². The van der Waals surface area contributed by atoms with Crippen molar-refractivity contribution >= 4 is 21.6 Å². The van der Waals surface area contributed by atoms with Gasteiger partial charge in [0.25, 0.3) is 5.91 Å². The third-order valence-corrected chi connectivity index (χ3v) is 5.45. The van der Waals surface area contributed by atoms with E-state index in [4.69, 9.17) is 0 Å². The third kappa shape index (κ3) is 5.16. The number of rotatable bonds is 6. The van der Waals surface area contributed by atoms with Gasteiger partial charge < -0.3 is 5.32 Å². The fourth-order valence-corrected chi connectivity index (χ4v) is 3.50. The molecule has 0 aromatic heterocycles. The first-order valence-corrected chi connectivity index (χ1v) is 10.1. The summed E-state index contributed by atoms with van der Waals surface area (Å²) in [6.07, 6.45) is 0.716. The lowest BCUT2D eigenvalue weighted by atomic mass is 9.87. The lowest BCUT2D eigenvalue weighted by molar-refractivity contribution is 0.102. The monoisotopic (exact) mass is 374 g/mol. The van der Waals surface area contributed by atoms with Crippen LogP contribution < -0.4 is 10.0 Å². The first-order valence-electron chi connectivity index (χ1n) is 8.65. The second-order valence-electron chi connectivity index (χ2n) is 7.20. The number of amides is 1. The Morgan fingerprint density at radius 1 is 0.962 bits per heavy atom. The van der Waals surface area contributed by atoms with Crippen molar-refractivity contribution in [2.24, 2.45) is 0 Å². The Labute approximate surface area is 155 Å². The van der Waals surface area contributed by atoms with Gasteiger partial charge in [-0.05, 0) is 53.8 Å². The summed E-state index contributed by atoms with van der Waals surface area (Å²) in [5, 5.41) is 2.83. The van der Waals surface area contributed by atoms with Crippen LogP contribution in [0.1, 0.15) is 50.0 Å². The second-order valence-corrected chi connectivity index (χ2v) is 8.97. The minimum atomic E-state index is -3.52. The van der Waals surface area contributed by atoms with E-state index >= 15 is 0 Å². The summed E-state index contributed by atoms with van der Waals surface area (Å²) < 4.78 is 26.6. The molecule has 6 heteroatoms. The maximum Gasteiger partial charge on any atom is 0.255 e. The molecule has 0 atom stereocenters. The van der Waals surface area contributed by atoms with Gasteiger partial charge in [-0.25, -0.2) is 13.1 Å². The van der Waals surface area contributed by atoms with Crippen LogP contribution in [0.4, 0.5) is 5.69 Å². The number of benzene rings is 2. The highest BCUT2D eigenvalue weighted by Gasteiger charge is 2.15. The van der Waals surface area contributed by atoms with Crippen LogP contribution in [-0.4, -0.2) is 20.9 Å². The number of sulfonamides is 1. The van der Waals surface area contributed by atoms with Gasteiger partial charge in [-0.2, -0.15) is 0 Å². The topological polar surface area (TPSA) is 75.3 Å². The number of hydrogen-bond donors (Lipinski definition) is 2. The van der Waals surface area contributed by atoms with Crippen molar-refractivity contribution in [1.29, 1.82) is 0 Å². The number of carbonyl (C=O) groups excluding carboxylic acids is 1. The molecule has 2 aromatic carbocycles. The van der Waals surface area contributed by atoms with Crippen LogP contribution in [0.25, 0.3) is 0 Å². The summed E-state index contributed by atoms with van der Waals surface area (Å²) in [5.41, 5.74) is 2.34. The molecule has 0 aliphatic rings. The van der Waals surface area contributed by atoms with Crippen LogP contribution >= 0.6 is 0 Å². The Bertz CT molecular complexity index is 849. The minimum Gasteiger partial charge on any atom is -0.322 e. The Morgan fingerprint density at radius 2 is 1.54 bits per heavy atom. The number of hydrogen-bond acceptors (Lipinski definition) is 3. The van der Waals surface area contributed by atoms with Crippen molar-refractivity contribution in [2.45, 2.75) is 44.4 Å². The van der Waals surface area contributed by atoms with Crippen LogP contribution in [0.2, 0.25) is 0 Å². The van der Waals surface area contributed by atoms with E-state index in [1.165, 1.54) is 29.8 Å². The average molecular weight is 375 g/mol. The molecule has 2 aromatic rings. The molecule has 0 aliphatic heterocycles. The zero-order valence-electron chi connectivity index (χ0n) is 15.7. The molecule has 0 aliphatic carbocycles. The van der Waals surface area contributed by atoms with Gasteiger partial charge in [-0.15, -0.1) is 0 Å². The van der Waals surface area contributed by atoms with E-state index in [-0.39, 0.29) is 16.2 Å².